The molecule has 0 atom stereocenters. The molecule has 2 aromatic carbocycles. The first-order valence-corrected chi connectivity index (χ1v) is 9.92. The number of guanidine groups is 1. The van der Waals surface area contributed by atoms with Crippen molar-refractivity contribution in [1.29, 1.82) is 0 Å². The Morgan fingerprint density at radius 2 is 1.81 bits per heavy atom. The summed E-state index contributed by atoms with van der Waals surface area (Å²) < 4.78 is 0. The molecule has 0 radical (unpaired) electrons. The fraction of sp³-hybridized carbons (Fsp3) is 0.391. The van der Waals surface area contributed by atoms with E-state index in [4.69, 9.17) is 0 Å². The Labute approximate surface area is 161 Å². The van der Waals surface area contributed by atoms with E-state index in [1.54, 1.807) is 0 Å². The summed E-state index contributed by atoms with van der Waals surface area (Å²) in [6, 6.07) is 18.6. The van der Waals surface area contributed by atoms with E-state index in [2.05, 4.69) is 40.2 Å². The van der Waals surface area contributed by atoms with Crippen molar-refractivity contribution in [1.82, 2.24) is 9.80 Å². The number of hydrogen-bond acceptors (Lipinski definition) is 3. The van der Waals surface area contributed by atoms with E-state index in [-0.39, 0.29) is 5.91 Å². The number of carbonyl (C=O) groups excluding carboxylic acids is 1. The van der Waals surface area contributed by atoms with Gasteiger partial charge >= 0.3 is 0 Å². The van der Waals surface area contributed by atoms with Crippen molar-refractivity contribution in [3.05, 3.63) is 71.3 Å². The highest BCUT2D eigenvalue weighted by molar-refractivity contribution is 6.06. The molecule has 2 aromatic rings. The fourth-order valence-electron chi connectivity index (χ4n) is 4.12. The predicted molar refractivity (Wildman–Crippen MR) is 109 cm³/mol. The van der Waals surface area contributed by atoms with Gasteiger partial charge in [0.15, 0.2) is 0 Å². The number of aryl methyl sites for hydroxylation is 1. The lowest BCUT2D eigenvalue weighted by atomic mass is 9.90. The van der Waals surface area contributed by atoms with E-state index in [0.717, 1.165) is 49.4 Å². The van der Waals surface area contributed by atoms with Crippen LogP contribution in [0.2, 0.25) is 0 Å². The maximum absolute atomic E-state index is 13.0. The van der Waals surface area contributed by atoms with E-state index in [0.29, 0.717) is 19.0 Å². The van der Waals surface area contributed by atoms with Crippen LogP contribution in [-0.4, -0.2) is 47.8 Å². The summed E-state index contributed by atoms with van der Waals surface area (Å²) in [6.07, 6.45) is 3.45. The zero-order valence-electron chi connectivity index (χ0n) is 16.0. The highest BCUT2D eigenvalue weighted by Gasteiger charge is 2.31. The molecule has 4 nitrogen and oxygen atoms in total. The molecule has 1 fully saturated rings. The molecule has 0 spiro atoms. The van der Waals surface area contributed by atoms with Gasteiger partial charge in [-0.2, -0.15) is 0 Å². The average molecular weight is 361 g/mol. The van der Waals surface area contributed by atoms with Crippen LogP contribution >= 0.6 is 0 Å². The average Bonchev–Trinajstić information content (AvgIpc) is 3.18. The number of piperidine rings is 1. The molecule has 27 heavy (non-hydrogen) atoms. The highest BCUT2D eigenvalue weighted by atomic mass is 16.2. The first-order chi connectivity index (χ1) is 13.2. The van der Waals surface area contributed by atoms with Crippen LogP contribution in [0.4, 0.5) is 0 Å². The van der Waals surface area contributed by atoms with Crippen LogP contribution in [0.5, 0.6) is 0 Å². The molecule has 2 heterocycles. The number of carbonyl (C=O) groups is 1. The third-order valence-electron chi connectivity index (χ3n) is 5.59. The van der Waals surface area contributed by atoms with Crippen LogP contribution in [0, 0.1) is 12.8 Å². The van der Waals surface area contributed by atoms with E-state index < -0.39 is 0 Å². The second-order valence-electron chi connectivity index (χ2n) is 7.63. The maximum atomic E-state index is 13.0. The molecule has 0 unspecified atom stereocenters. The molecule has 1 amide bonds. The van der Waals surface area contributed by atoms with Crippen LogP contribution in [0.1, 0.15) is 34.3 Å². The normalized spacial score (nSPS) is 17.9. The maximum Gasteiger partial charge on any atom is 0.260 e. The minimum Gasteiger partial charge on any atom is -0.342 e. The lowest BCUT2D eigenvalue weighted by Crippen LogP contribution is -2.48. The molecule has 2 aliphatic heterocycles. The molecule has 4 heteroatoms. The number of likely N-dealkylation sites (tertiary alicyclic amines) is 1. The van der Waals surface area contributed by atoms with Crippen molar-refractivity contribution < 1.29 is 4.79 Å². The second-order valence-corrected chi connectivity index (χ2v) is 7.63. The molecular formula is C23H27N3O. The topological polar surface area (TPSA) is 35.9 Å². The van der Waals surface area contributed by atoms with Gasteiger partial charge < -0.3 is 4.90 Å². The first-order valence-electron chi connectivity index (χ1n) is 9.92. The number of amides is 1. The molecule has 0 N–H and O–H groups in total. The summed E-state index contributed by atoms with van der Waals surface area (Å²) in [6.45, 7) is 5.37. The molecule has 0 saturated carbocycles. The van der Waals surface area contributed by atoms with Crippen LogP contribution in [0.25, 0.3) is 0 Å². The minimum atomic E-state index is 0.0707. The number of benzene rings is 2. The zero-order chi connectivity index (χ0) is 18.6. The third kappa shape index (κ3) is 4.05. The van der Waals surface area contributed by atoms with Gasteiger partial charge in [0.05, 0.1) is 6.54 Å². The third-order valence-corrected chi connectivity index (χ3v) is 5.59. The summed E-state index contributed by atoms with van der Waals surface area (Å²) >= 11 is 0. The van der Waals surface area contributed by atoms with Crippen molar-refractivity contribution in [2.24, 2.45) is 10.9 Å². The minimum absolute atomic E-state index is 0.0707. The molecule has 0 aromatic heterocycles. The van der Waals surface area contributed by atoms with E-state index in [1.165, 1.54) is 5.56 Å². The number of hydrogen-bond donors (Lipinski definition) is 0. The molecule has 4 rings (SSSR count). The summed E-state index contributed by atoms with van der Waals surface area (Å²) in [4.78, 5) is 21.8. The van der Waals surface area contributed by atoms with Crippen LogP contribution in [0.3, 0.4) is 0 Å². The second kappa shape index (κ2) is 7.95. The van der Waals surface area contributed by atoms with Gasteiger partial charge in [-0.1, -0.05) is 48.0 Å². The Bertz CT molecular complexity index is 823. The zero-order valence-corrected chi connectivity index (χ0v) is 16.0. The van der Waals surface area contributed by atoms with Crippen molar-refractivity contribution in [2.45, 2.75) is 26.2 Å². The molecular weight excluding hydrogens is 334 g/mol. The largest absolute Gasteiger partial charge is 0.342 e. The SMILES string of the molecule is Cc1cccc(C(=O)N2CCN=C2N2CCC(Cc3ccccc3)CC2)c1. The van der Waals surface area contributed by atoms with Gasteiger partial charge in [-0.05, 0) is 49.8 Å². The Balaban J connectivity index is 1.38. The number of nitrogens with zero attached hydrogens (tertiary/aromatic N) is 3. The van der Waals surface area contributed by atoms with Crippen molar-refractivity contribution >= 4 is 11.9 Å². The van der Waals surface area contributed by atoms with E-state index in [9.17, 15) is 4.79 Å². The number of aliphatic imine (C=N–C) groups is 1. The van der Waals surface area contributed by atoms with E-state index >= 15 is 0 Å². The van der Waals surface area contributed by atoms with Gasteiger partial charge in [0, 0.05) is 25.2 Å². The highest BCUT2D eigenvalue weighted by Crippen LogP contribution is 2.24. The quantitative estimate of drug-likeness (QED) is 0.834. The molecule has 1 saturated heterocycles. The Hall–Kier alpha value is -2.62. The lowest BCUT2D eigenvalue weighted by molar-refractivity contribution is 0.0839. The van der Waals surface area contributed by atoms with Crippen molar-refractivity contribution in [3.63, 3.8) is 0 Å². The van der Waals surface area contributed by atoms with Crippen LogP contribution in [0.15, 0.2) is 59.6 Å². The first kappa shape index (κ1) is 17.8. The molecule has 140 valence electrons. The van der Waals surface area contributed by atoms with Crippen LogP contribution < -0.4 is 0 Å². The standard InChI is InChI=1S/C23H27N3O/c1-18-6-5-9-21(16-18)22(27)26-15-12-24-23(26)25-13-10-20(11-14-25)17-19-7-3-2-4-8-19/h2-9,16,20H,10-15,17H2,1H3. The summed E-state index contributed by atoms with van der Waals surface area (Å²) in [5.74, 6) is 1.66. The monoisotopic (exact) mass is 361 g/mol. The predicted octanol–water partition coefficient (Wildman–Crippen LogP) is 3.76. The molecule has 0 bridgehead atoms. The summed E-state index contributed by atoms with van der Waals surface area (Å²) in [5.41, 5.74) is 3.29. The van der Waals surface area contributed by atoms with Crippen molar-refractivity contribution in [3.8, 4) is 0 Å². The van der Waals surface area contributed by atoms with Gasteiger partial charge in [0.1, 0.15) is 0 Å². The summed E-state index contributed by atoms with van der Waals surface area (Å²) in [7, 11) is 0. The van der Waals surface area contributed by atoms with Gasteiger partial charge in [-0.15, -0.1) is 0 Å². The van der Waals surface area contributed by atoms with Gasteiger partial charge in [-0.25, -0.2) is 0 Å². The smallest absolute Gasteiger partial charge is 0.260 e. The summed E-state index contributed by atoms with van der Waals surface area (Å²) in [5, 5.41) is 0. The lowest BCUT2D eigenvalue weighted by Gasteiger charge is -2.36. The Morgan fingerprint density at radius 1 is 1.04 bits per heavy atom. The van der Waals surface area contributed by atoms with Gasteiger partial charge in [-0.3, -0.25) is 14.7 Å². The van der Waals surface area contributed by atoms with E-state index in [1.807, 2.05) is 36.1 Å². The molecule has 0 aliphatic carbocycles. The van der Waals surface area contributed by atoms with Gasteiger partial charge in [0.2, 0.25) is 5.96 Å². The number of rotatable bonds is 3. The Kier molecular flexibility index (Phi) is 5.23. The van der Waals surface area contributed by atoms with Crippen molar-refractivity contribution in [2.75, 3.05) is 26.2 Å². The molecule has 2 aliphatic rings. The van der Waals surface area contributed by atoms with Crippen LogP contribution in [-0.2, 0) is 6.42 Å². The van der Waals surface area contributed by atoms with Gasteiger partial charge in [0.25, 0.3) is 5.91 Å². The Morgan fingerprint density at radius 3 is 2.56 bits per heavy atom. The fourth-order valence-corrected chi connectivity index (χ4v) is 4.12.